The van der Waals surface area contributed by atoms with E-state index in [1.54, 1.807) is 24.3 Å². The van der Waals surface area contributed by atoms with Gasteiger partial charge in [0, 0.05) is 33.8 Å². The second-order valence-electron chi connectivity index (χ2n) is 8.03. The van der Waals surface area contributed by atoms with Gasteiger partial charge in [0.25, 0.3) is 0 Å². The van der Waals surface area contributed by atoms with Crippen LogP contribution in [0.2, 0.25) is 5.02 Å². The fraction of sp³-hybridized carbons (Fsp3) is 0.148. The maximum Gasteiger partial charge on any atom is 0.317 e. The maximum atomic E-state index is 10.6. The third-order valence-electron chi connectivity index (χ3n) is 5.38. The molecule has 12 heteroatoms. The molecule has 2 aromatic heterocycles. The third kappa shape index (κ3) is 7.05. The fourth-order valence-electron chi connectivity index (χ4n) is 3.59. The summed E-state index contributed by atoms with van der Waals surface area (Å²) < 4.78 is 5.63. The SMILES string of the molecule is N#Cc1c(N)nc(SCc2csc(-c3ccc(Cl)cc3)n2)c(C#N)c1-c1ccc(OCCNCC(=O)O)cc1. The molecule has 0 aliphatic heterocycles. The van der Waals surface area contributed by atoms with Crippen LogP contribution in [0.15, 0.2) is 58.9 Å². The molecular formula is C27H21ClN6O3S2. The number of carboxylic acid groups (broad SMARTS) is 1. The zero-order chi connectivity index (χ0) is 27.8. The van der Waals surface area contributed by atoms with E-state index in [0.717, 1.165) is 16.3 Å². The lowest BCUT2D eigenvalue weighted by molar-refractivity contribution is -0.135. The lowest BCUT2D eigenvalue weighted by atomic mass is 9.97. The van der Waals surface area contributed by atoms with E-state index in [4.69, 9.17) is 27.2 Å². The van der Waals surface area contributed by atoms with Crippen molar-refractivity contribution >= 4 is 46.5 Å². The normalized spacial score (nSPS) is 10.5. The van der Waals surface area contributed by atoms with E-state index >= 15 is 0 Å². The van der Waals surface area contributed by atoms with Crippen LogP contribution >= 0.6 is 34.7 Å². The molecule has 196 valence electrons. The zero-order valence-corrected chi connectivity index (χ0v) is 22.7. The minimum atomic E-state index is -0.940. The van der Waals surface area contributed by atoms with Gasteiger partial charge < -0.3 is 20.9 Å². The van der Waals surface area contributed by atoms with Crippen LogP contribution < -0.4 is 15.8 Å². The number of nitrogens with zero attached hydrogens (tertiary/aromatic N) is 4. The summed E-state index contributed by atoms with van der Waals surface area (Å²) in [5.74, 6) is 0.118. The Labute approximate surface area is 237 Å². The number of rotatable bonds is 11. The van der Waals surface area contributed by atoms with Crippen molar-refractivity contribution in [1.29, 1.82) is 10.5 Å². The molecule has 39 heavy (non-hydrogen) atoms. The van der Waals surface area contributed by atoms with Crippen molar-refractivity contribution in [2.24, 2.45) is 0 Å². The Bertz CT molecular complexity index is 1560. The van der Waals surface area contributed by atoms with Crippen molar-refractivity contribution in [2.45, 2.75) is 10.8 Å². The Morgan fingerprint density at radius 1 is 1.08 bits per heavy atom. The number of halogens is 1. The van der Waals surface area contributed by atoms with Gasteiger partial charge >= 0.3 is 5.97 Å². The van der Waals surface area contributed by atoms with Crippen LogP contribution in [-0.2, 0) is 10.5 Å². The number of carboxylic acids is 1. The summed E-state index contributed by atoms with van der Waals surface area (Å²) in [7, 11) is 0. The van der Waals surface area contributed by atoms with Crippen molar-refractivity contribution in [3.8, 4) is 39.6 Å². The number of nitrogens with two attached hydrogens (primary N) is 1. The van der Waals surface area contributed by atoms with Crippen molar-refractivity contribution in [1.82, 2.24) is 15.3 Å². The van der Waals surface area contributed by atoms with E-state index in [2.05, 4.69) is 27.4 Å². The number of benzene rings is 2. The number of aliphatic carboxylic acids is 1. The lowest BCUT2D eigenvalue weighted by Gasteiger charge is -2.13. The first-order valence-corrected chi connectivity index (χ1v) is 13.8. The summed E-state index contributed by atoms with van der Waals surface area (Å²) >= 11 is 8.82. The largest absolute Gasteiger partial charge is 0.492 e. The number of ether oxygens (including phenoxy) is 1. The number of pyridine rings is 1. The number of carbonyl (C=O) groups is 1. The molecule has 0 bridgehead atoms. The highest BCUT2D eigenvalue weighted by atomic mass is 35.5. The number of nitrogen functional groups attached to an aromatic ring is 1. The van der Waals surface area contributed by atoms with E-state index < -0.39 is 5.97 Å². The number of anilines is 1. The number of thiazole rings is 1. The molecule has 4 N–H and O–H groups in total. The number of nitrogens with one attached hydrogen (secondary N) is 1. The van der Waals surface area contributed by atoms with Crippen molar-refractivity contribution in [3.05, 3.63) is 75.8 Å². The van der Waals surface area contributed by atoms with Crippen LogP contribution in [0.25, 0.3) is 21.7 Å². The molecule has 4 rings (SSSR count). The highest BCUT2D eigenvalue weighted by Gasteiger charge is 2.21. The summed E-state index contributed by atoms with van der Waals surface area (Å²) in [4.78, 5) is 19.6. The molecule has 2 heterocycles. The average Bonchev–Trinajstić information content (AvgIpc) is 3.41. The predicted octanol–water partition coefficient (Wildman–Crippen LogP) is 5.20. The predicted molar refractivity (Wildman–Crippen MR) is 152 cm³/mol. The molecule has 0 aliphatic rings. The molecule has 0 aliphatic carbocycles. The first-order valence-electron chi connectivity index (χ1n) is 11.5. The lowest BCUT2D eigenvalue weighted by Crippen LogP contribution is -2.26. The summed E-state index contributed by atoms with van der Waals surface area (Å²) in [6.07, 6.45) is 0. The quantitative estimate of drug-likeness (QED) is 0.160. The minimum absolute atomic E-state index is 0.0407. The highest BCUT2D eigenvalue weighted by molar-refractivity contribution is 7.98. The van der Waals surface area contributed by atoms with Gasteiger partial charge in [0.1, 0.15) is 45.9 Å². The van der Waals surface area contributed by atoms with E-state index in [1.807, 2.05) is 29.6 Å². The van der Waals surface area contributed by atoms with Gasteiger partial charge in [-0.05, 0) is 29.8 Å². The fourth-order valence-corrected chi connectivity index (χ4v) is 5.53. The number of hydrogen-bond acceptors (Lipinski definition) is 10. The number of aromatic nitrogens is 2. The Morgan fingerprint density at radius 3 is 2.44 bits per heavy atom. The number of thioether (sulfide) groups is 1. The first kappa shape index (κ1) is 27.9. The van der Waals surface area contributed by atoms with Crippen molar-refractivity contribution in [3.63, 3.8) is 0 Å². The molecule has 0 radical (unpaired) electrons. The number of nitriles is 2. The van der Waals surface area contributed by atoms with E-state index in [-0.39, 0.29) is 30.1 Å². The molecule has 0 amide bonds. The zero-order valence-electron chi connectivity index (χ0n) is 20.3. The molecule has 2 aromatic carbocycles. The van der Waals surface area contributed by atoms with Crippen molar-refractivity contribution in [2.75, 3.05) is 25.4 Å². The Morgan fingerprint density at radius 2 is 1.77 bits per heavy atom. The van der Waals surface area contributed by atoms with Gasteiger partial charge in [-0.1, -0.05) is 47.6 Å². The topological polar surface area (TPSA) is 158 Å². The molecule has 0 spiro atoms. The second kappa shape index (κ2) is 13.1. The minimum Gasteiger partial charge on any atom is -0.492 e. The molecule has 0 atom stereocenters. The van der Waals surface area contributed by atoms with Gasteiger partial charge in [-0.15, -0.1) is 11.3 Å². The monoisotopic (exact) mass is 576 g/mol. The first-order chi connectivity index (χ1) is 18.9. The molecule has 0 saturated carbocycles. The van der Waals surface area contributed by atoms with Gasteiger partial charge in [0.2, 0.25) is 0 Å². The van der Waals surface area contributed by atoms with Crippen molar-refractivity contribution < 1.29 is 14.6 Å². The van der Waals surface area contributed by atoms with Crippen LogP contribution in [0.4, 0.5) is 5.82 Å². The third-order valence-corrected chi connectivity index (χ3v) is 7.58. The average molecular weight is 577 g/mol. The summed E-state index contributed by atoms with van der Waals surface area (Å²) in [5.41, 5.74) is 9.34. The Hall–Kier alpha value is -4.13. The van der Waals surface area contributed by atoms with Gasteiger partial charge in [-0.25, -0.2) is 9.97 Å². The van der Waals surface area contributed by atoms with Crippen LogP contribution in [0.5, 0.6) is 5.75 Å². The molecule has 0 fully saturated rings. The Balaban J connectivity index is 1.53. The van der Waals surface area contributed by atoms with Crippen LogP contribution in [-0.4, -0.2) is 40.7 Å². The van der Waals surface area contributed by atoms with Gasteiger partial charge in [0.15, 0.2) is 0 Å². The Kier molecular flexibility index (Phi) is 9.36. The summed E-state index contributed by atoms with van der Waals surface area (Å²) in [5, 5.41) is 35.1. The van der Waals surface area contributed by atoms with Crippen LogP contribution in [0.1, 0.15) is 16.8 Å². The van der Waals surface area contributed by atoms with E-state index in [0.29, 0.717) is 39.2 Å². The van der Waals surface area contributed by atoms with Gasteiger partial charge in [-0.2, -0.15) is 10.5 Å². The highest BCUT2D eigenvalue weighted by Crippen LogP contribution is 2.37. The summed E-state index contributed by atoms with van der Waals surface area (Å²) in [6.45, 7) is 0.498. The smallest absolute Gasteiger partial charge is 0.317 e. The molecule has 9 nitrogen and oxygen atoms in total. The maximum absolute atomic E-state index is 10.6. The van der Waals surface area contributed by atoms with Crippen LogP contribution in [0, 0.1) is 22.7 Å². The van der Waals surface area contributed by atoms with Gasteiger partial charge in [0.05, 0.1) is 17.8 Å². The van der Waals surface area contributed by atoms with E-state index in [9.17, 15) is 15.3 Å². The molecular weight excluding hydrogens is 556 g/mol. The van der Waals surface area contributed by atoms with Gasteiger partial charge in [-0.3, -0.25) is 4.79 Å². The summed E-state index contributed by atoms with van der Waals surface area (Å²) in [6, 6.07) is 18.6. The molecule has 0 unspecified atom stereocenters. The second-order valence-corrected chi connectivity index (χ2v) is 10.3. The number of hydrogen-bond donors (Lipinski definition) is 3. The molecule has 0 saturated heterocycles. The van der Waals surface area contributed by atoms with E-state index in [1.165, 1.54) is 23.1 Å². The molecule has 4 aromatic rings. The standard InChI is InChI=1S/C27H21ClN6O3S2/c28-18-5-1-17(2-6-18)26-33-19(14-38-26)15-39-27-22(12-30)24(21(11-29)25(31)34-27)16-3-7-20(8-4-16)37-10-9-32-13-23(35)36/h1-8,14,32H,9-10,13,15H2,(H2,31,34)(H,35,36). The van der Waals surface area contributed by atoms with Crippen LogP contribution in [0.3, 0.4) is 0 Å².